The van der Waals surface area contributed by atoms with Crippen LogP contribution in [0.4, 0.5) is 11.4 Å². The highest BCUT2D eigenvalue weighted by Crippen LogP contribution is 2.27. The van der Waals surface area contributed by atoms with Gasteiger partial charge >= 0.3 is 0 Å². The Morgan fingerprint density at radius 1 is 0.939 bits per heavy atom. The van der Waals surface area contributed by atoms with Crippen molar-refractivity contribution in [3.8, 4) is 11.5 Å². The van der Waals surface area contributed by atoms with Gasteiger partial charge in [-0.2, -0.15) is 10.1 Å². The standard InChI is InChI=1S/C25H21N3O5/c1-18-23(25(29)27(26-18)20-8-3-2-4-9-20)17-19-7-5-6-10-24(19)33-16-15-32-22-13-11-21(12-14-22)28(30)31/h2-14,17H,15-16H2,1H3. The number of carbonyl (C=O) groups is 1. The maximum Gasteiger partial charge on any atom is 0.280 e. The minimum absolute atomic E-state index is 0.00619. The first-order chi connectivity index (χ1) is 16.0. The lowest BCUT2D eigenvalue weighted by atomic mass is 10.1. The molecule has 0 fully saturated rings. The highest BCUT2D eigenvalue weighted by molar-refractivity contribution is 6.32. The van der Waals surface area contributed by atoms with Crippen LogP contribution in [0.1, 0.15) is 12.5 Å². The number of benzene rings is 3. The summed E-state index contributed by atoms with van der Waals surface area (Å²) in [4.78, 5) is 23.2. The molecule has 0 unspecified atom stereocenters. The molecule has 0 radical (unpaired) electrons. The number of nitro benzene ring substituents is 1. The van der Waals surface area contributed by atoms with Crippen molar-refractivity contribution in [2.45, 2.75) is 6.92 Å². The summed E-state index contributed by atoms with van der Waals surface area (Å²) in [6.07, 6.45) is 1.77. The van der Waals surface area contributed by atoms with E-state index in [1.165, 1.54) is 17.1 Å². The third kappa shape index (κ3) is 5.07. The Morgan fingerprint density at radius 3 is 2.33 bits per heavy atom. The average molecular weight is 443 g/mol. The highest BCUT2D eigenvalue weighted by Gasteiger charge is 2.28. The molecule has 0 bridgehead atoms. The van der Waals surface area contributed by atoms with E-state index in [-0.39, 0.29) is 24.8 Å². The van der Waals surface area contributed by atoms with Crippen molar-refractivity contribution < 1.29 is 19.2 Å². The van der Waals surface area contributed by atoms with Gasteiger partial charge in [-0.25, -0.2) is 0 Å². The molecule has 0 N–H and O–H groups in total. The normalized spacial score (nSPS) is 14.3. The molecule has 0 saturated carbocycles. The van der Waals surface area contributed by atoms with Crippen LogP contribution in [0.15, 0.2) is 89.5 Å². The SMILES string of the molecule is CC1=NN(c2ccccc2)C(=O)C1=Cc1ccccc1OCCOc1ccc([N+](=O)[O-])cc1. The van der Waals surface area contributed by atoms with E-state index in [1.807, 2.05) is 54.6 Å². The second kappa shape index (κ2) is 9.78. The molecule has 0 aliphatic carbocycles. The first kappa shape index (κ1) is 21.8. The van der Waals surface area contributed by atoms with Gasteiger partial charge in [0.15, 0.2) is 0 Å². The van der Waals surface area contributed by atoms with Gasteiger partial charge in [0.2, 0.25) is 0 Å². The molecular formula is C25H21N3O5. The maximum absolute atomic E-state index is 13.0. The topological polar surface area (TPSA) is 94.3 Å². The van der Waals surface area contributed by atoms with Gasteiger partial charge < -0.3 is 9.47 Å². The van der Waals surface area contributed by atoms with Gasteiger partial charge in [-0.1, -0.05) is 36.4 Å². The third-order valence-corrected chi connectivity index (χ3v) is 4.94. The molecule has 1 heterocycles. The number of nitro groups is 1. The lowest BCUT2D eigenvalue weighted by Gasteiger charge is -2.12. The minimum atomic E-state index is -0.459. The Labute approximate surface area is 190 Å². The lowest BCUT2D eigenvalue weighted by molar-refractivity contribution is -0.384. The van der Waals surface area contributed by atoms with Crippen molar-refractivity contribution in [2.24, 2.45) is 5.10 Å². The number of anilines is 1. The van der Waals surface area contributed by atoms with Crippen LogP contribution >= 0.6 is 0 Å². The van der Waals surface area contributed by atoms with Crippen molar-refractivity contribution in [2.75, 3.05) is 18.2 Å². The molecule has 0 atom stereocenters. The number of amides is 1. The summed E-state index contributed by atoms with van der Waals surface area (Å²) in [5.41, 5.74) is 2.59. The molecule has 1 amide bonds. The van der Waals surface area contributed by atoms with Crippen LogP contribution < -0.4 is 14.5 Å². The molecule has 0 saturated heterocycles. The predicted molar refractivity (Wildman–Crippen MR) is 126 cm³/mol. The zero-order chi connectivity index (χ0) is 23.2. The number of ether oxygens (including phenoxy) is 2. The maximum atomic E-state index is 13.0. The number of hydrogen-bond donors (Lipinski definition) is 0. The molecule has 3 aromatic carbocycles. The fraction of sp³-hybridized carbons (Fsp3) is 0.120. The first-order valence-electron chi connectivity index (χ1n) is 10.3. The Hall–Kier alpha value is -4.46. The summed E-state index contributed by atoms with van der Waals surface area (Å²) in [6, 6.07) is 22.5. The van der Waals surface area contributed by atoms with Crippen LogP contribution in [0.25, 0.3) is 6.08 Å². The molecule has 8 nitrogen and oxygen atoms in total. The fourth-order valence-corrected chi connectivity index (χ4v) is 3.29. The summed E-state index contributed by atoms with van der Waals surface area (Å²) in [5.74, 6) is 0.926. The van der Waals surface area contributed by atoms with E-state index in [9.17, 15) is 14.9 Å². The summed E-state index contributed by atoms with van der Waals surface area (Å²) < 4.78 is 11.5. The summed E-state index contributed by atoms with van der Waals surface area (Å²) in [5, 5.41) is 16.5. The highest BCUT2D eigenvalue weighted by atomic mass is 16.6. The number of hydrogen-bond acceptors (Lipinski definition) is 6. The van der Waals surface area contributed by atoms with E-state index in [0.717, 1.165) is 5.56 Å². The first-order valence-corrected chi connectivity index (χ1v) is 10.3. The third-order valence-electron chi connectivity index (χ3n) is 4.94. The van der Waals surface area contributed by atoms with Crippen LogP contribution in [0.3, 0.4) is 0 Å². The second-order valence-corrected chi connectivity index (χ2v) is 7.18. The van der Waals surface area contributed by atoms with Crippen LogP contribution in [-0.2, 0) is 4.79 Å². The van der Waals surface area contributed by atoms with Gasteiger partial charge in [-0.3, -0.25) is 14.9 Å². The summed E-state index contributed by atoms with van der Waals surface area (Å²) in [7, 11) is 0. The van der Waals surface area contributed by atoms with Crippen LogP contribution in [0.2, 0.25) is 0 Å². The van der Waals surface area contributed by atoms with Gasteiger partial charge in [-0.05, 0) is 43.3 Å². The molecule has 1 aliphatic heterocycles. The van der Waals surface area contributed by atoms with E-state index >= 15 is 0 Å². The van der Waals surface area contributed by atoms with E-state index in [0.29, 0.717) is 28.5 Å². The molecule has 33 heavy (non-hydrogen) atoms. The van der Waals surface area contributed by atoms with Crippen LogP contribution in [0, 0.1) is 10.1 Å². The molecule has 1 aliphatic rings. The van der Waals surface area contributed by atoms with Crippen LogP contribution in [0.5, 0.6) is 11.5 Å². The Morgan fingerprint density at radius 2 is 1.61 bits per heavy atom. The van der Waals surface area contributed by atoms with E-state index < -0.39 is 4.92 Å². The quantitative estimate of drug-likeness (QED) is 0.214. The molecule has 3 aromatic rings. The monoisotopic (exact) mass is 443 g/mol. The molecular weight excluding hydrogens is 422 g/mol. The Balaban J connectivity index is 1.41. The fourth-order valence-electron chi connectivity index (χ4n) is 3.29. The summed E-state index contributed by atoms with van der Waals surface area (Å²) in [6.45, 7) is 2.31. The van der Waals surface area contributed by atoms with E-state index in [4.69, 9.17) is 9.47 Å². The van der Waals surface area contributed by atoms with E-state index in [2.05, 4.69) is 5.10 Å². The molecule has 166 valence electrons. The van der Waals surface area contributed by atoms with Crippen molar-refractivity contribution in [1.82, 2.24) is 0 Å². The lowest BCUT2D eigenvalue weighted by Crippen LogP contribution is -2.21. The molecule has 8 heteroatoms. The van der Waals surface area contributed by atoms with Gasteiger partial charge in [0, 0.05) is 17.7 Å². The summed E-state index contributed by atoms with van der Waals surface area (Å²) >= 11 is 0. The van der Waals surface area contributed by atoms with Crippen molar-refractivity contribution >= 4 is 29.1 Å². The van der Waals surface area contributed by atoms with Gasteiger partial charge in [0.05, 0.1) is 21.9 Å². The number of para-hydroxylation sites is 2. The van der Waals surface area contributed by atoms with Gasteiger partial charge in [0.1, 0.15) is 24.7 Å². The minimum Gasteiger partial charge on any atom is -0.490 e. The van der Waals surface area contributed by atoms with Crippen LogP contribution in [-0.4, -0.2) is 29.8 Å². The second-order valence-electron chi connectivity index (χ2n) is 7.18. The van der Waals surface area contributed by atoms with E-state index in [1.54, 1.807) is 25.1 Å². The zero-order valence-corrected chi connectivity index (χ0v) is 17.9. The van der Waals surface area contributed by atoms with Crippen molar-refractivity contribution in [3.05, 3.63) is 100 Å². The predicted octanol–water partition coefficient (Wildman–Crippen LogP) is 4.86. The Kier molecular flexibility index (Phi) is 6.45. The number of hydrazone groups is 1. The Bertz CT molecular complexity index is 1220. The van der Waals surface area contributed by atoms with Crippen molar-refractivity contribution in [1.29, 1.82) is 0 Å². The molecule has 0 aromatic heterocycles. The van der Waals surface area contributed by atoms with Crippen molar-refractivity contribution in [3.63, 3.8) is 0 Å². The number of carbonyl (C=O) groups excluding carboxylic acids is 1. The smallest absolute Gasteiger partial charge is 0.280 e. The number of nitrogens with zero attached hydrogens (tertiary/aromatic N) is 3. The van der Waals surface area contributed by atoms with Gasteiger partial charge in [-0.15, -0.1) is 0 Å². The number of rotatable bonds is 8. The average Bonchev–Trinajstić information content (AvgIpc) is 3.12. The zero-order valence-electron chi connectivity index (χ0n) is 17.9. The largest absolute Gasteiger partial charge is 0.490 e. The van der Waals surface area contributed by atoms with Gasteiger partial charge in [0.25, 0.3) is 11.6 Å². The molecule has 0 spiro atoms. The number of non-ortho nitro benzene ring substituents is 1. The molecule has 4 rings (SSSR count).